The smallest absolute Gasteiger partial charge is 0.323 e. The average molecular weight is 257 g/mol. The van der Waals surface area contributed by atoms with Crippen LogP contribution in [0.3, 0.4) is 0 Å². The SMILES string of the molecule is Cc1cc(N2C(=O)N[C@H]3CS(=O)(=O)C[C@H]32)no1. The Balaban J connectivity index is 1.97. The highest BCUT2D eigenvalue weighted by Crippen LogP contribution is 2.28. The predicted octanol–water partition coefficient (Wildman–Crippen LogP) is -0.322. The molecular formula is C9H11N3O4S. The lowest BCUT2D eigenvalue weighted by Crippen LogP contribution is -2.37. The van der Waals surface area contributed by atoms with Crippen molar-refractivity contribution in [2.24, 2.45) is 0 Å². The summed E-state index contributed by atoms with van der Waals surface area (Å²) < 4.78 is 27.9. The van der Waals surface area contributed by atoms with E-state index < -0.39 is 9.84 Å². The van der Waals surface area contributed by atoms with Crippen LogP contribution in [0.5, 0.6) is 0 Å². The Morgan fingerprint density at radius 3 is 2.94 bits per heavy atom. The molecule has 2 aliphatic rings. The van der Waals surface area contributed by atoms with Crippen LogP contribution in [-0.4, -0.2) is 43.2 Å². The lowest BCUT2D eigenvalue weighted by Gasteiger charge is -2.17. The minimum Gasteiger partial charge on any atom is -0.360 e. The summed E-state index contributed by atoms with van der Waals surface area (Å²) in [5, 5.41) is 6.41. The largest absolute Gasteiger partial charge is 0.360 e. The first kappa shape index (κ1) is 10.6. The number of urea groups is 1. The Morgan fingerprint density at radius 1 is 1.53 bits per heavy atom. The molecular weight excluding hydrogens is 246 g/mol. The summed E-state index contributed by atoms with van der Waals surface area (Å²) in [6, 6.07) is 0.581. The second-order valence-electron chi connectivity index (χ2n) is 4.37. The second-order valence-corrected chi connectivity index (χ2v) is 6.52. The van der Waals surface area contributed by atoms with Crippen molar-refractivity contribution in [3.8, 4) is 0 Å². The number of sulfone groups is 1. The normalized spacial score (nSPS) is 30.4. The Morgan fingerprint density at radius 2 is 2.29 bits per heavy atom. The van der Waals surface area contributed by atoms with Crippen molar-refractivity contribution in [2.75, 3.05) is 16.4 Å². The second kappa shape index (κ2) is 3.22. The van der Waals surface area contributed by atoms with Crippen molar-refractivity contribution in [3.05, 3.63) is 11.8 Å². The van der Waals surface area contributed by atoms with Crippen LogP contribution in [-0.2, 0) is 9.84 Å². The molecule has 8 heteroatoms. The third-order valence-electron chi connectivity index (χ3n) is 3.04. The minimum atomic E-state index is -3.08. The van der Waals surface area contributed by atoms with Gasteiger partial charge in [0.15, 0.2) is 15.7 Å². The highest BCUT2D eigenvalue weighted by molar-refractivity contribution is 7.91. The van der Waals surface area contributed by atoms with E-state index in [-0.39, 0.29) is 29.6 Å². The molecule has 0 saturated carbocycles. The molecule has 0 unspecified atom stereocenters. The zero-order valence-corrected chi connectivity index (χ0v) is 9.90. The van der Waals surface area contributed by atoms with Gasteiger partial charge in [0, 0.05) is 6.07 Å². The standard InChI is InChI=1S/C9H11N3O4S/c1-5-2-8(11-16-5)12-7-4-17(14,15)3-6(7)10-9(12)13/h2,6-7H,3-4H2,1H3,(H,10,13)/t6-,7+/m0/s1. The molecule has 2 saturated heterocycles. The minimum absolute atomic E-state index is 0.00323. The van der Waals surface area contributed by atoms with Gasteiger partial charge in [-0.15, -0.1) is 0 Å². The molecule has 2 atom stereocenters. The first-order valence-electron chi connectivity index (χ1n) is 5.20. The molecule has 0 aromatic carbocycles. The molecule has 0 radical (unpaired) electrons. The third kappa shape index (κ3) is 1.59. The Labute approximate surface area is 97.7 Å². The van der Waals surface area contributed by atoms with Gasteiger partial charge in [0.1, 0.15) is 5.76 Å². The monoisotopic (exact) mass is 257 g/mol. The summed E-state index contributed by atoms with van der Waals surface area (Å²) in [7, 11) is -3.08. The van der Waals surface area contributed by atoms with Gasteiger partial charge in [-0.1, -0.05) is 5.16 Å². The number of amides is 2. The van der Waals surface area contributed by atoms with Gasteiger partial charge in [-0.05, 0) is 6.92 Å². The molecule has 2 fully saturated rings. The van der Waals surface area contributed by atoms with E-state index >= 15 is 0 Å². The summed E-state index contributed by atoms with van der Waals surface area (Å²) in [5.74, 6) is 0.917. The van der Waals surface area contributed by atoms with E-state index in [0.29, 0.717) is 11.6 Å². The van der Waals surface area contributed by atoms with Gasteiger partial charge < -0.3 is 9.84 Å². The van der Waals surface area contributed by atoms with Crippen molar-refractivity contribution in [1.29, 1.82) is 0 Å². The Bertz CT molecular complexity index is 579. The highest BCUT2D eigenvalue weighted by Gasteiger charge is 2.50. The number of anilines is 1. The van der Waals surface area contributed by atoms with Gasteiger partial charge in [-0.3, -0.25) is 4.90 Å². The molecule has 92 valence electrons. The Hall–Kier alpha value is -1.57. The molecule has 7 nitrogen and oxygen atoms in total. The van der Waals surface area contributed by atoms with E-state index in [4.69, 9.17) is 4.52 Å². The van der Waals surface area contributed by atoms with Crippen LogP contribution < -0.4 is 10.2 Å². The van der Waals surface area contributed by atoms with Crippen LogP contribution in [0.4, 0.5) is 10.6 Å². The lowest BCUT2D eigenvalue weighted by atomic mass is 10.2. The molecule has 1 N–H and O–H groups in total. The van der Waals surface area contributed by atoms with E-state index in [1.165, 1.54) is 4.90 Å². The number of hydrogen-bond acceptors (Lipinski definition) is 5. The molecule has 0 spiro atoms. The summed E-state index contributed by atoms with van der Waals surface area (Å²) in [6.07, 6.45) is 0. The molecule has 0 bridgehead atoms. The number of carbonyl (C=O) groups is 1. The summed E-state index contributed by atoms with van der Waals surface area (Å²) in [4.78, 5) is 13.1. The van der Waals surface area contributed by atoms with Crippen molar-refractivity contribution >= 4 is 21.7 Å². The molecule has 2 aliphatic heterocycles. The molecule has 2 amide bonds. The van der Waals surface area contributed by atoms with Crippen LogP contribution in [0.2, 0.25) is 0 Å². The zero-order chi connectivity index (χ0) is 12.2. The van der Waals surface area contributed by atoms with Crippen LogP contribution in [0.1, 0.15) is 5.76 Å². The Kier molecular flexibility index (Phi) is 2.00. The predicted molar refractivity (Wildman–Crippen MR) is 58.5 cm³/mol. The van der Waals surface area contributed by atoms with Gasteiger partial charge in [0.05, 0.1) is 23.6 Å². The lowest BCUT2D eigenvalue weighted by molar-refractivity contribution is 0.250. The summed E-state index contributed by atoms with van der Waals surface area (Å²) in [5.41, 5.74) is 0. The quantitative estimate of drug-likeness (QED) is 0.696. The van der Waals surface area contributed by atoms with E-state index in [1.807, 2.05) is 0 Å². The maximum absolute atomic E-state index is 11.7. The number of aryl methyl sites for hydroxylation is 1. The van der Waals surface area contributed by atoms with E-state index in [0.717, 1.165) is 0 Å². The van der Waals surface area contributed by atoms with Gasteiger partial charge >= 0.3 is 6.03 Å². The number of fused-ring (bicyclic) bond motifs is 1. The van der Waals surface area contributed by atoms with Crippen LogP contribution in [0, 0.1) is 6.92 Å². The van der Waals surface area contributed by atoms with Crippen molar-refractivity contribution in [2.45, 2.75) is 19.0 Å². The summed E-state index contributed by atoms with van der Waals surface area (Å²) >= 11 is 0. The molecule has 1 aromatic heterocycles. The molecule has 0 aliphatic carbocycles. The molecule has 3 rings (SSSR count). The fraction of sp³-hybridized carbons (Fsp3) is 0.556. The van der Waals surface area contributed by atoms with Crippen molar-refractivity contribution in [1.82, 2.24) is 10.5 Å². The van der Waals surface area contributed by atoms with E-state index in [9.17, 15) is 13.2 Å². The first-order valence-corrected chi connectivity index (χ1v) is 7.02. The number of aromatic nitrogens is 1. The molecule has 3 heterocycles. The number of rotatable bonds is 1. The first-order chi connectivity index (χ1) is 7.96. The number of nitrogens with one attached hydrogen (secondary N) is 1. The van der Waals surface area contributed by atoms with E-state index in [1.54, 1.807) is 13.0 Å². The average Bonchev–Trinajstić information content (AvgIpc) is 2.78. The zero-order valence-electron chi connectivity index (χ0n) is 9.08. The van der Waals surface area contributed by atoms with Crippen LogP contribution >= 0.6 is 0 Å². The van der Waals surface area contributed by atoms with Gasteiger partial charge in [0.25, 0.3) is 0 Å². The summed E-state index contributed by atoms with van der Waals surface area (Å²) in [6.45, 7) is 1.72. The van der Waals surface area contributed by atoms with Gasteiger partial charge in [-0.2, -0.15) is 0 Å². The van der Waals surface area contributed by atoms with Crippen molar-refractivity contribution in [3.63, 3.8) is 0 Å². The third-order valence-corrected chi connectivity index (χ3v) is 4.76. The molecule has 1 aromatic rings. The van der Waals surface area contributed by atoms with E-state index in [2.05, 4.69) is 10.5 Å². The maximum Gasteiger partial charge on any atom is 0.323 e. The number of carbonyl (C=O) groups excluding carboxylic acids is 1. The topological polar surface area (TPSA) is 92.5 Å². The molecule has 17 heavy (non-hydrogen) atoms. The van der Waals surface area contributed by atoms with Gasteiger partial charge in [-0.25, -0.2) is 13.2 Å². The number of hydrogen-bond donors (Lipinski definition) is 1. The van der Waals surface area contributed by atoms with Crippen LogP contribution in [0.25, 0.3) is 0 Å². The fourth-order valence-corrected chi connectivity index (χ4v) is 4.23. The van der Waals surface area contributed by atoms with Crippen molar-refractivity contribution < 1.29 is 17.7 Å². The van der Waals surface area contributed by atoms with Crippen LogP contribution in [0.15, 0.2) is 10.6 Å². The maximum atomic E-state index is 11.7. The fourth-order valence-electron chi connectivity index (χ4n) is 2.34. The number of nitrogens with zero attached hydrogens (tertiary/aromatic N) is 2. The van der Waals surface area contributed by atoms with Gasteiger partial charge in [0.2, 0.25) is 0 Å². The highest BCUT2D eigenvalue weighted by atomic mass is 32.2.